The molecule has 4 nitrogen and oxygen atoms in total. The molecule has 23 heavy (non-hydrogen) atoms. The van der Waals surface area contributed by atoms with Crippen molar-refractivity contribution in [3.8, 4) is 5.75 Å². The first-order chi connectivity index (χ1) is 11.2. The van der Waals surface area contributed by atoms with Gasteiger partial charge < -0.3 is 4.74 Å². The topological polar surface area (TPSA) is 46.6 Å². The van der Waals surface area contributed by atoms with Crippen LogP contribution in [-0.4, -0.2) is 18.4 Å². The molecule has 4 heteroatoms. The van der Waals surface area contributed by atoms with Crippen LogP contribution < -0.4 is 9.64 Å². The van der Waals surface area contributed by atoms with E-state index in [1.54, 1.807) is 48.5 Å². The fourth-order valence-corrected chi connectivity index (χ4v) is 2.66. The molecule has 0 aromatic heterocycles. The van der Waals surface area contributed by atoms with Crippen molar-refractivity contribution in [2.45, 2.75) is 26.2 Å². The summed E-state index contributed by atoms with van der Waals surface area (Å²) < 4.78 is 5.65. The average molecular weight is 309 g/mol. The first-order valence-electron chi connectivity index (χ1n) is 7.93. The molecule has 0 bridgehead atoms. The van der Waals surface area contributed by atoms with E-state index in [9.17, 15) is 9.59 Å². The van der Waals surface area contributed by atoms with Gasteiger partial charge in [0.2, 0.25) is 0 Å². The molecule has 1 heterocycles. The number of anilines is 1. The Balaban J connectivity index is 1.73. The van der Waals surface area contributed by atoms with Crippen LogP contribution in [0, 0.1) is 0 Å². The normalized spacial score (nSPS) is 13.3. The van der Waals surface area contributed by atoms with Crippen LogP contribution in [0.25, 0.3) is 0 Å². The van der Waals surface area contributed by atoms with Gasteiger partial charge in [-0.2, -0.15) is 0 Å². The number of ether oxygens (including phenoxy) is 1. The molecule has 0 spiro atoms. The minimum atomic E-state index is -0.276. The van der Waals surface area contributed by atoms with Gasteiger partial charge in [0.1, 0.15) is 5.75 Å². The summed E-state index contributed by atoms with van der Waals surface area (Å²) in [5, 5.41) is 0. The Morgan fingerprint density at radius 1 is 0.870 bits per heavy atom. The molecule has 118 valence electrons. The summed E-state index contributed by atoms with van der Waals surface area (Å²) in [7, 11) is 0. The van der Waals surface area contributed by atoms with Gasteiger partial charge >= 0.3 is 0 Å². The monoisotopic (exact) mass is 309 g/mol. The van der Waals surface area contributed by atoms with Crippen molar-refractivity contribution in [1.82, 2.24) is 0 Å². The maximum atomic E-state index is 12.4. The van der Waals surface area contributed by atoms with Gasteiger partial charge in [0.25, 0.3) is 11.8 Å². The minimum Gasteiger partial charge on any atom is -0.494 e. The molecule has 1 aliphatic rings. The number of hydrogen-bond donors (Lipinski definition) is 0. The number of nitrogens with zero attached hydrogens (tertiary/aromatic N) is 1. The van der Waals surface area contributed by atoms with Crippen LogP contribution in [-0.2, 0) is 0 Å². The van der Waals surface area contributed by atoms with Crippen LogP contribution in [0.4, 0.5) is 5.69 Å². The van der Waals surface area contributed by atoms with E-state index in [4.69, 9.17) is 4.74 Å². The third-order valence-corrected chi connectivity index (χ3v) is 3.91. The number of benzene rings is 2. The second-order valence-corrected chi connectivity index (χ2v) is 5.54. The molecule has 0 saturated carbocycles. The lowest BCUT2D eigenvalue weighted by atomic mass is 10.1. The predicted octanol–water partition coefficient (Wildman–Crippen LogP) is 4.06. The van der Waals surface area contributed by atoms with Crippen molar-refractivity contribution in [3.05, 3.63) is 59.7 Å². The van der Waals surface area contributed by atoms with E-state index in [1.807, 2.05) is 0 Å². The highest BCUT2D eigenvalue weighted by molar-refractivity contribution is 6.34. The highest BCUT2D eigenvalue weighted by Crippen LogP contribution is 2.29. The van der Waals surface area contributed by atoms with Crippen molar-refractivity contribution in [2.24, 2.45) is 0 Å². The molecular formula is C19H19NO3. The van der Waals surface area contributed by atoms with Crippen LogP contribution in [0.1, 0.15) is 46.9 Å². The van der Waals surface area contributed by atoms with E-state index >= 15 is 0 Å². The number of imide groups is 1. The first kappa shape index (κ1) is 15.3. The van der Waals surface area contributed by atoms with Crippen molar-refractivity contribution in [1.29, 1.82) is 0 Å². The van der Waals surface area contributed by atoms with E-state index in [2.05, 4.69) is 6.92 Å². The third-order valence-electron chi connectivity index (χ3n) is 3.91. The third kappa shape index (κ3) is 2.97. The number of carbonyl (C=O) groups is 2. The summed E-state index contributed by atoms with van der Waals surface area (Å²) in [5.41, 5.74) is 1.48. The second-order valence-electron chi connectivity index (χ2n) is 5.54. The number of unbranched alkanes of at least 4 members (excludes halogenated alkanes) is 2. The van der Waals surface area contributed by atoms with Crippen molar-refractivity contribution in [3.63, 3.8) is 0 Å². The molecule has 2 aromatic carbocycles. The molecule has 1 aliphatic heterocycles. The van der Waals surface area contributed by atoms with Gasteiger partial charge in [-0.05, 0) is 42.8 Å². The summed E-state index contributed by atoms with van der Waals surface area (Å²) in [6.07, 6.45) is 3.33. The molecule has 0 saturated heterocycles. The summed E-state index contributed by atoms with van der Waals surface area (Å²) in [6.45, 7) is 2.83. The van der Waals surface area contributed by atoms with Gasteiger partial charge in [-0.1, -0.05) is 31.9 Å². The molecule has 0 atom stereocenters. The molecule has 0 aliphatic carbocycles. The van der Waals surface area contributed by atoms with E-state index in [-0.39, 0.29) is 11.8 Å². The Morgan fingerprint density at radius 3 is 2.04 bits per heavy atom. The van der Waals surface area contributed by atoms with Crippen LogP contribution in [0.2, 0.25) is 0 Å². The SMILES string of the molecule is CCCCCOc1ccc(N2C(=O)c3ccccc3C2=O)cc1. The van der Waals surface area contributed by atoms with Gasteiger partial charge in [0, 0.05) is 0 Å². The van der Waals surface area contributed by atoms with Gasteiger partial charge in [-0.15, -0.1) is 0 Å². The van der Waals surface area contributed by atoms with Gasteiger partial charge in [-0.25, -0.2) is 4.90 Å². The van der Waals surface area contributed by atoms with Gasteiger partial charge in [-0.3, -0.25) is 9.59 Å². The molecule has 0 radical (unpaired) electrons. The fraction of sp³-hybridized carbons (Fsp3) is 0.263. The maximum Gasteiger partial charge on any atom is 0.266 e. The molecule has 0 fully saturated rings. The Bertz CT molecular complexity index is 687. The zero-order valence-electron chi connectivity index (χ0n) is 13.1. The van der Waals surface area contributed by atoms with E-state index in [0.717, 1.165) is 25.0 Å². The van der Waals surface area contributed by atoms with Crippen molar-refractivity contribution < 1.29 is 14.3 Å². The number of amides is 2. The zero-order chi connectivity index (χ0) is 16.2. The standard InChI is InChI=1S/C19H19NO3/c1-2-3-6-13-23-15-11-9-14(10-12-15)20-18(21)16-7-4-5-8-17(16)19(20)22/h4-5,7-12H,2-3,6,13H2,1H3. The Labute approximate surface area is 135 Å². The molecule has 0 N–H and O–H groups in total. The number of carbonyl (C=O) groups excluding carboxylic acids is 2. The molecule has 0 unspecified atom stereocenters. The first-order valence-corrected chi connectivity index (χ1v) is 7.93. The van der Waals surface area contributed by atoms with Crippen LogP contribution in [0.3, 0.4) is 0 Å². The Kier molecular flexibility index (Phi) is 4.42. The minimum absolute atomic E-state index is 0.276. The van der Waals surface area contributed by atoms with Crippen molar-refractivity contribution >= 4 is 17.5 Å². The summed E-state index contributed by atoms with van der Waals surface area (Å²) in [4.78, 5) is 26.0. The Hall–Kier alpha value is -2.62. The second kappa shape index (κ2) is 6.65. The number of fused-ring (bicyclic) bond motifs is 1. The lowest BCUT2D eigenvalue weighted by molar-refractivity contribution is 0.0926. The summed E-state index contributed by atoms with van der Waals surface area (Å²) >= 11 is 0. The summed E-state index contributed by atoms with van der Waals surface area (Å²) in [5.74, 6) is 0.200. The van der Waals surface area contributed by atoms with E-state index in [1.165, 1.54) is 4.90 Å². The van der Waals surface area contributed by atoms with Crippen LogP contribution >= 0.6 is 0 Å². The van der Waals surface area contributed by atoms with Crippen LogP contribution in [0.15, 0.2) is 48.5 Å². The lowest BCUT2D eigenvalue weighted by Crippen LogP contribution is -2.29. The maximum absolute atomic E-state index is 12.4. The lowest BCUT2D eigenvalue weighted by Gasteiger charge is -2.14. The van der Waals surface area contributed by atoms with Gasteiger partial charge in [0.05, 0.1) is 23.4 Å². The smallest absolute Gasteiger partial charge is 0.266 e. The molecule has 2 aromatic rings. The van der Waals surface area contributed by atoms with Crippen LogP contribution in [0.5, 0.6) is 5.75 Å². The Morgan fingerprint density at radius 2 is 1.48 bits per heavy atom. The van der Waals surface area contributed by atoms with Crippen molar-refractivity contribution in [2.75, 3.05) is 11.5 Å². The number of hydrogen-bond acceptors (Lipinski definition) is 3. The molecule has 2 amide bonds. The highest BCUT2D eigenvalue weighted by Gasteiger charge is 2.36. The predicted molar refractivity (Wildman–Crippen MR) is 89.0 cm³/mol. The van der Waals surface area contributed by atoms with E-state index in [0.29, 0.717) is 23.4 Å². The quantitative estimate of drug-likeness (QED) is 0.597. The fourth-order valence-electron chi connectivity index (χ4n) is 2.66. The van der Waals surface area contributed by atoms with Gasteiger partial charge in [0.15, 0.2) is 0 Å². The van der Waals surface area contributed by atoms with E-state index < -0.39 is 0 Å². The zero-order valence-corrected chi connectivity index (χ0v) is 13.1. The molecular weight excluding hydrogens is 290 g/mol. The number of rotatable bonds is 6. The largest absolute Gasteiger partial charge is 0.494 e. The molecule has 3 rings (SSSR count). The average Bonchev–Trinajstić information content (AvgIpc) is 2.84. The highest BCUT2D eigenvalue weighted by atomic mass is 16.5. The summed E-state index contributed by atoms with van der Waals surface area (Å²) in [6, 6.07) is 14.0.